The van der Waals surface area contributed by atoms with Crippen molar-refractivity contribution in [2.45, 2.75) is 6.42 Å². The van der Waals surface area contributed by atoms with Gasteiger partial charge in [-0.05, 0) is 40.3 Å². The molecule has 3 rings (SSSR count). The number of rotatable bonds is 4. The molecule has 0 aliphatic heterocycles. The Labute approximate surface area is 144 Å². The first-order valence-electron chi connectivity index (χ1n) is 6.27. The average molecular weight is 490 g/mol. The third kappa shape index (κ3) is 2.67. The van der Waals surface area contributed by atoms with Crippen molar-refractivity contribution in [3.05, 3.63) is 58.1 Å². The lowest BCUT2D eigenvalue weighted by Crippen LogP contribution is -1.86. The van der Waals surface area contributed by atoms with Crippen LogP contribution in [-0.2, 0) is 6.42 Å². The molecule has 0 unspecified atom stereocenters. The maximum Gasteiger partial charge on any atom is 0.178 e. The van der Waals surface area contributed by atoms with Gasteiger partial charge in [0.25, 0.3) is 0 Å². The first-order chi connectivity index (χ1) is 9.81. The number of aryl methyl sites for hydroxylation is 1. The van der Waals surface area contributed by atoms with Gasteiger partial charge in [-0.2, -0.15) is 0 Å². The van der Waals surface area contributed by atoms with Crippen LogP contribution in [0.15, 0.2) is 57.6 Å². The molecule has 2 aromatic heterocycles. The van der Waals surface area contributed by atoms with E-state index in [1.807, 2.05) is 30.3 Å². The first kappa shape index (κ1) is 14.2. The molecule has 2 heterocycles. The smallest absolute Gasteiger partial charge is 0.178 e. The molecule has 3 aromatic rings. The van der Waals surface area contributed by atoms with Crippen LogP contribution in [0.1, 0.15) is 5.76 Å². The molecule has 20 heavy (non-hydrogen) atoms. The summed E-state index contributed by atoms with van der Waals surface area (Å²) in [4.78, 5) is 0. The summed E-state index contributed by atoms with van der Waals surface area (Å²) in [7, 11) is 0. The highest BCUT2D eigenvalue weighted by molar-refractivity contribution is 14.1. The number of alkyl halides is 1. The predicted octanol–water partition coefficient (Wildman–Crippen LogP) is 5.79. The van der Waals surface area contributed by atoms with Gasteiger partial charge in [-0.3, -0.25) is 0 Å². The molecule has 0 N–H and O–H groups in total. The summed E-state index contributed by atoms with van der Waals surface area (Å²) in [5.74, 6) is 2.64. The van der Waals surface area contributed by atoms with E-state index in [9.17, 15) is 0 Å². The second kappa shape index (κ2) is 6.34. The summed E-state index contributed by atoms with van der Waals surface area (Å²) in [5, 5.41) is 0. The van der Waals surface area contributed by atoms with Crippen LogP contribution in [0.4, 0.5) is 0 Å². The van der Waals surface area contributed by atoms with Crippen LogP contribution in [0.2, 0.25) is 0 Å². The van der Waals surface area contributed by atoms with Gasteiger partial charge < -0.3 is 8.83 Å². The molecule has 0 fully saturated rings. The summed E-state index contributed by atoms with van der Waals surface area (Å²) in [6, 6.07) is 14.1. The first-order valence-corrected chi connectivity index (χ1v) is 8.88. The third-order valence-corrected chi connectivity index (χ3v) is 4.73. The highest BCUT2D eigenvalue weighted by Crippen LogP contribution is 2.40. The molecule has 0 saturated carbocycles. The van der Waals surface area contributed by atoms with Gasteiger partial charge in [0.2, 0.25) is 0 Å². The predicted molar refractivity (Wildman–Crippen MR) is 97.2 cm³/mol. The maximum absolute atomic E-state index is 6.08. The van der Waals surface area contributed by atoms with Crippen LogP contribution in [0.25, 0.3) is 22.6 Å². The fraction of sp³-hybridized carbons (Fsp3) is 0.125. The van der Waals surface area contributed by atoms with Gasteiger partial charge in [-0.1, -0.05) is 52.9 Å². The lowest BCUT2D eigenvalue weighted by Gasteiger charge is -2.01. The van der Waals surface area contributed by atoms with Gasteiger partial charge in [-0.15, -0.1) is 0 Å². The Morgan fingerprint density at radius 3 is 2.45 bits per heavy atom. The quantitative estimate of drug-likeness (QED) is 0.342. The Bertz CT molecular complexity index is 685. The molecule has 0 saturated heterocycles. The molecule has 1 aromatic carbocycles. The van der Waals surface area contributed by atoms with Gasteiger partial charge in [-0.25, -0.2) is 0 Å². The fourth-order valence-corrected chi connectivity index (χ4v) is 3.57. The van der Waals surface area contributed by atoms with E-state index in [-0.39, 0.29) is 0 Å². The highest BCUT2D eigenvalue weighted by atomic mass is 127. The minimum Gasteiger partial charge on any atom is -0.461 e. The zero-order chi connectivity index (χ0) is 13.9. The number of halogens is 2. The Morgan fingerprint density at radius 2 is 1.80 bits per heavy atom. The standard InChI is InChI=1S/C16H12I2O2/c17-9-8-12-15(18)14(11-5-2-1-3-6-11)16(20-12)13-7-4-10-19-13/h1-7,10H,8-9H2. The van der Waals surface area contributed by atoms with Crippen molar-refractivity contribution in [2.24, 2.45) is 0 Å². The molecule has 0 aliphatic rings. The van der Waals surface area contributed by atoms with Crippen LogP contribution in [-0.4, -0.2) is 4.43 Å². The summed E-state index contributed by atoms with van der Waals surface area (Å²) >= 11 is 4.74. The molecule has 0 amide bonds. The van der Waals surface area contributed by atoms with E-state index in [0.29, 0.717) is 0 Å². The Balaban J connectivity index is 2.20. The van der Waals surface area contributed by atoms with Gasteiger partial charge in [0.05, 0.1) is 9.83 Å². The number of furan rings is 2. The second-order valence-corrected chi connectivity index (χ2v) is 6.48. The third-order valence-electron chi connectivity index (χ3n) is 3.05. The van der Waals surface area contributed by atoms with Crippen LogP contribution in [0.3, 0.4) is 0 Å². The van der Waals surface area contributed by atoms with Crippen molar-refractivity contribution >= 4 is 45.2 Å². The average Bonchev–Trinajstić information content (AvgIpc) is 3.09. The van der Waals surface area contributed by atoms with E-state index >= 15 is 0 Å². The minimum atomic E-state index is 0.779. The topological polar surface area (TPSA) is 26.3 Å². The zero-order valence-electron chi connectivity index (χ0n) is 10.6. The van der Waals surface area contributed by atoms with E-state index in [1.54, 1.807) is 6.26 Å². The fourth-order valence-electron chi connectivity index (χ4n) is 2.15. The van der Waals surface area contributed by atoms with Gasteiger partial charge in [0, 0.05) is 16.4 Å². The number of hydrogen-bond acceptors (Lipinski definition) is 2. The molecule has 0 spiro atoms. The van der Waals surface area contributed by atoms with Crippen molar-refractivity contribution in [1.29, 1.82) is 0 Å². The summed E-state index contributed by atoms with van der Waals surface area (Å²) < 4.78 is 13.8. The van der Waals surface area contributed by atoms with E-state index in [1.165, 1.54) is 3.57 Å². The summed E-state index contributed by atoms with van der Waals surface area (Å²) in [5.41, 5.74) is 2.28. The lowest BCUT2D eigenvalue weighted by molar-refractivity contribution is 0.496. The van der Waals surface area contributed by atoms with E-state index in [4.69, 9.17) is 8.83 Å². The summed E-state index contributed by atoms with van der Waals surface area (Å²) in [6.45, 7) is 0. The van der Waals surface area contributed by atoms with Crippen LogP contribution in [0.5, 0.6) is 0 Å². The molecule has 4 heteroatoms. The highest BCUT2D eigenvalue weighted by Gasteiger charge is 2.22. The Morgan fingerprint density at radius 1 is 1.00 bits per heavy atom. The molecule has 102 valence electrons. The van der Waals surface area contributed by atoms with Crippen molar-refractivity contribution in [3.63, 3.8) is 0 Å². The maximum atomic E-state index is 6.08. The molecule has 0 radical (unpaired) electrons. The molecule has 0 aliphatic carbocycles. The monoisotopic (exact) mass is 490 g/mol. The molecule has 0 bridgehead atoms. The van der Waals surface area contributed by atoms with Crippen LogP contribution >= 0.6 is 45.2 Å². The van der Waals surface area contributed by atoms with Gasteiger partial charge in [0.1, 0.15) is 5.76 Å². The Hall–Kier alpha value is -0.760. The molecular weight excluding hydrogens is 478 g/mol. The van der Waals surface area contributed by atoms with Crippen molar-refractivity contribution in [2.75, 3.05) is 4.43 Å². The minimum absolute atomic E-state index is 0.779. The van der Waals surface area contributed by atoms with E-state index in [2.05, 4.69) is 57.3 Å². The SMILES string of the molecule is ICCc1oc(-c2ccco2)c(-c2ccccc2)c1I. The molecule has 0 atom stereocenters. The largest absolute Gasteiger partial charge is 0.461 e. The molecule has 2 nitrogen and oxygen atoms in total. The number of hydrogen-bond donors (Lipinski definition) is 0. The molecular formula is C16H12I2O2. The van der Waals surface area contributed by atoms with Crippen LogP contribution < -0.4 is 0 Å². The van der Waals surface area contributed by atoms with E-state index < -0.39 is 0 Å². The van der Waals surface area contributed by atoms with Crippen molar-refractivity contribution in [3.8, 4) is 22.6 Å². The lowest BCUT2D eigenvalue weighted by atomic mass is 10.0. The van der Waals surface area contributed by atoms with Crippen molar-refractivity contribution in [1.82, 2.24) is 0 Å². The normalized spacial score (nSPS) is 10.9. The van der Waals surface area contributed by atoms with Crippen LogP contribution in [0, 0.1) is 3.57 Å². The summed E-state index contributed by atoms with van der Waals surface area (Å²) in [6.07, 6.45) is 2.61. The van der Waals surface area contributed by atoms with Crippen molar-refractivity contribution < 1.29 is 8.83 Å². The Kier molecular flexibility index (Phi) is 4.50. The van der Waals surface area contributed by atoms with Gasteiger partial charge in [0.15, 0.2) is 11.5 Å². The van der Waals surface area contributed by atoms with E-state index in [0.717, 1.165) is 39.3 Å². The zero-order valence-corrected chi connectivity index (χ0v) is 14.9. The second-order valence-electron chi connectivity index (χ2n) is 4.33. The van der Waals surface area contributed by atoms with Gasteiger partial charge >= 0.3 is 0 Å². The number of benzene rings is 1.